The predicted molar refractivity (Wildman–Crippen MR) is 102 cm³/mol. The third-order valence-electron chi connectivity index (χ3n) is 3.60. The molecule has 1 aromatic heterocycles. The number of thiazole rings is 1. The first-order chi connectivity index (χ1) is 10.9. The van der Waals surface area contributed by atoms with Crippen molar-refractivity contribution in [3.63, 3.8) is 0 Å². The fourth-order valence-electron chi connectivity index (χ4n) is 2.49. The highest BCUT2D eigenvalue weighted by Crippen LogP contribution is 2.35. The molecule has 23 heavy (non-hydrogen) atoms. The van der Waals surface area contributed by atoms with Gasteiger partial charge >= 0.3 is 0 Å². The molecule has 118 valence electrons. The second-order valence-electron chi connectivity index (χ2n) is 5.49. The van der Waals surface area contributed by atoms with Crippen LogP contribution in [-0.2, 0) is 0 Å². The zero-order valence-corrected chi connectivity index (χ0v) is 15.4. The standard InChI is InChI=1S/C18H16Cl2N2S/c1-10-4-6-14(11(2)8-10)17-12(3)23-18(22-17)21-16-9-13(19)5-7-15(16)20/h4-9H,1-3H3,(H,21,22). The van der Waals surface area contributed by atoms with E-state index in [2.05, 4.69) is 44.3 Å². The fourth-order valence-corrected chi connectivity index (χ4v) is 3.66. The summed E-state index contributed by atoms with van der Waals surface area (Å²) in [6, 6.07) is 11.8. The lowest BCUT2D eigenvalue weighted by Crippen LogP contribution is -1.91. The van der Waals surface area contributed by atoms with E-state index in [1.807, 2.05) is 0 Å². The summed E-state index contributed by atoms with van der Waals surface area (Å²) in [7, 11) is 0. The minimum absolute atomic E-state index is 0.621. The smallest absolute Gasteiger partial charge is 0.188 e. The lowest BCUT2D eigenvalue weighted by Gasteiger charge is -2.06. The third-order valence-corrected chi connectivity index (χ3v) is 5.05. The Balaban J connectivity index is 1.96. The van der Waals surface area contributed by atoms with Crippen molar-refractivity contribution in [2.75, 3.05) is 5.32 Å². The Labute approximate surface area is 150 Å². The maximum Gasteiger partial charge on any atom is 0.188 e. The Morgan fingerprint density at radius 2 is 1.78 bits per heavy atom. The Hall–Kier alpha value is -1.55. The molecule has 3 aromatic rings. The Kier molecular flexibility index (Phi) is 4.62. The Morgan fingerprint density at radius 3 is 2.52 bits per heavy atom. The molecule has 0 bridgehead atoms. The van der Waals surface area contributed by atoms with Gasteiger partial charge in [0.2, 0.25) is 0 Å². The number of hydrogen-bond donors (Lipinski definition) is 1. The van der Waals surface area contributed by atoms with Crippen LogP contribution < -0.4 is 5.32 Å². The van der Waals surface area contributed by atoms with Gasteiger partial charge in [0.1, 0.15) is 0 Å². The van der Waals surface area contributed by atoms with E-state index in [1.54, 1.807) is 29.5 Å². The average Bonchev–Trinajstić information content (AvgIpc) is 2.83. The minimum atomic E-state index is 0.621. The number of benzene rings is 2. The van der Waals surface area contributed by atoms with Crippen molar-refractivity contribution < 1.29 is 0 Å². The van der Waals surface area contributed by atoms with Crippen LogP contribution in [-0.4, -0.2) is 4.98 Å². The number of aryl methyl sites for hydroxylation is 3. The zero-order valence-electron chi connectivity index (χ0n) is 13.1. The van der Waals surface area contributed by atoms with Gasteiger partial charge in [-0.05, 0) is 44.5 Å². The topological polar surface area (TPSA) is 24.9 Å². The van der Waals surface area contributed by atoms with Crippen molar-refractivity contribution in [2.24, 2.45) is 0 Å². The van der Waals surface area contributed by atoms with Crippen LogP contribution in [0.1, 0.15) is 16.0 Å². The van der Waals surface area contributed by atoms with Crippen LogP contribution in [0.25, 0.3) is 11.3 Å². The van der Waals surface area contributed by atoms with Gasteiger partial charge in [0.25, 0.3) is 0 Å². The molecule has 0 saturated carbocycles. The molecule has 0 amide bonds. The lowest BCUT2D eigenvalue weighted by atomic mass is 10.0. The number of rotatable bonds is 3. The zero-order chi connectivity index (χ0) is 16.6. The number of nitrogens with zero attached hydrogens (tertiary/aromatic N) is 1. The molecule has 0 spiro atoms. The minimum Gasteiger partial charge on any atom is -0.330 e. The van der Waals surface area contributed by atoms with E-state index < -0.39 is 0 Å². The molecule has 3 rings (SSSR count). The summed E-state index contributed by atoms with van der Waals surface area (Å²) >= 11 is 13.9. The van der Waals surface area contributed by atoms with Crippen LogP contribution in [0.5, 0.6) is 0 Å². The molecule has 0 unspecified atom stereocenters. The second kappa shape index (κ2) is 6.52. The summed E-state index contributed by atoms with van der Waals surface area (Å²) in [5, 5.41) is 5.33. The first kappa shape index (κ1) is 16.3. The van der Waals surface area contributed by atoms with E-state index in [9.17, 15) is 0 Å². The SMILES string of the molecule is Cc1ccc(-c2nc(Nc3cc(Cl)ccc3Cl)sc2C)c(C)c1. The van der Waals surface area contributed by atoms with E-state index in [1.165, 1.54) is 11.1 Å². The molecule has 0 saturated heterocycles. The van der Waals surface area contributed by atoms with Crippen LogP contribution in [0.2, 0.25) is 10.0 Å². The highest BCUT2D eigenvalue weighted by Gasteiger charge is 2.13. The molecule has 0 aliphatic heterocycles. The van der Waals surface area contributed by atoms with Gasteiger partial charge in [-0.15, -0.1) is 11.3 Å². The number of anilines is 2. The molecule has 0 radical (unpaired) electrons. The molecular weight excluding hydrogens is 347 g/mol. The largest absolute Gasteiger partial charge is 0.330 e. The number of aromatic nitrogens is 1. The van der Waals surface area contributed by atoms with Crippen molar-refractivity contribution in [2.45, 2.75) is 20.8 Å². The fraction of sp³-hybridized carbons (Fsp3) is 0.167. The van der Waals surface area contributed by atoms with E-state index in [-0.39, 0.29) is 0 Å². The molecule has 1 heterocycles. The van der Waals surface area contributed by atoms with Crippen LogP contribution in [0.15, 0.2) is 36.4 Å². The van der Waals surface area contributed by atoms with E-state index in [0.717, 1.165) is 27.0 Å². The summed E-state index contributed by atoms with van der Waals surface area (Å²) in [6.45, 7) is 6.29. The number of halogens is 2. The van der Waals surface area contributed by atoms with E-state index >= 15 is 0 Å². The average molecular weight is 363 g/mol. The van der Waals surface area contributed by atoms with Crippen molar-refractivity contribution in [3.05, 3.63) is 62.4 Å². The van der Waals surface area contributed by atoms with Crippen LogP contribution >= 0.6 is 34.5 Å². The first-order valence-corrected chi connectivity index (χ1v) is 8.78. The Morgan fingerprint density at radius 1 is 1.00 bits per heavy atom. The lowest BCUT2D eigenvalue weighted by molar-refractivity contribution is 1.31. The van der Waals surface area contributed by atoms with Gasteiger partial charge in [-0.1, -0.05) is 47.0 Å². The highest BCUT2D eigenvalue weighted by atomic mass is 35.5. The maximum atomic E-state index is 6.21. The number of nitrogens with one attached hydrogen (secondary N) is 1. The molecule has 0 aliphatic carbocycles. The van der Waals surface area contributed by atoms with Gasteiger partial charge < -0.3 is 5.32 Å². The van der Waals surface area contributed by atoms with Crippen molar-refractivity contribution in [3.8, 4) is 11.3 Å². The van der Waals surface area contributed by atoms with Crippen molar-refractivity contribution in [1.82, 2.24) is 4.98 Å². The first-order valence-electron chi connectivity index (χ1n) is 7.21. The van der Waals surface area contributed by atoms with Gasteiger partial charge in [0.15, 0.2) is 5.13 Å². The van der Waals surface area contributed by atoms with Crippen LogP contribution in [0.4, 0.5) is 10.8 Å². The van der Waals surface area contributed by atoms with E-state index in [0.29, 0.717) is 10.0 Å². The van der Waals surface area contributed by atoms with Gasteiger partial charge in [-0.25, -0.2) is 4.98 Å². The van der Waals surface area contributed by atoms with Crippen molar-refractivity contribution >= 4 is 45.4 Å². The van der Waals surface area contributed by atoms with Crippen LogP contribution in [0.3, 0.4) is 0 Å². The molecule has 5 heteroatoms. The molecule has 0 fully saturated rings. The van der Waals surface area contributed by atoms with E-state index in [4.69, 9.17) is 28.2 Å². The summed E-state index contributed by atoms with van der Waals surface area (Å²) in [5.74, 6) is 0. The maximum absolute atomic E-state index is 6.21. The monoisotopic (exact) mass is 362 g/mol. The van der Waals surface area contributed by atoms with Gasteiger partial charge in [-0.2, -0.15) is 0 Å². The third kappa shape index (κ3) is 3.52. The molecular formula is C18H16Cl2N2S. The molecule has 2 nitrogen and oxygen atoms in total. The van der Waals surface area contributed by atoms with Gasteiger partial charge in [-0.3, -0.25) is 0 Å². The predicted octanol–water partition coefficient (Wildman–Crippen LogP) is 6.79. The Bertz CT molecular complexity index is 871. The highest BCUT2D eigenvalue weighted by molar-refractivity contribution is 7.16. The molecule has 1 N–H and O–H groups in total. The summed E-state index contributed by atoms with van der Waals surface area (Å²) in [4.78, 5) is 5.91. The second-order valence-corrected chi connectivity index (χ2v) is 7.54. The van der Waals surface area contributed by atoms with Gasteiger partial charge in [0.05, 0.1) is 16.4 Å². The normalized spacial score (nSPS) is 10.8. The molecule has 0 aliphatic rings. The van der Waals surface area contributed by atoms with Gasteiger partial charge in [0, 0.05) is 15.5 Å². The number of hydrogen-bond acceptors (Lipinski definition) is 3. The molecule has 2 aromatic carbocycles. The molecule has 0 atom stereocenters. The quantitative estimate of drug-likeness (QED) is 0.554. The van der Waals surface area contributed by atoms with Crippen molar-refractivity contribution in [1.29, 1.82) is 0 Å². The van der Waals surface area contributed by atoms with Crippen LogP contribution in [0, 0.1) is 20.8 Å². The summed E-state index contributed by atoms with van der Waals surface area (Å²) in [5.41, 5.74) is 5.41. The summed E-state index contributed by atoms with van der Waals surface area (Å²) in [6.07, 6.45) is 0. The summed E-state index contributed by atoms with van der Waals surface area (Å²) < 4.78 is 0.